The van der Waals surface area contributed by atoms with E-state index in [9.17, 15) is 0 Å². The molecule has 0 saturated heterocycles. The highest BCUT2D eigenvalue weighted by molar-refractivity contribution is 8.93. The van der Waals surface area contributed by atoms with Gasteiger partial charge in [0.25, 0.3) is 0 Å². The molecule has 0 heterocycles. The SMILES string of the molecule is Br.[Si]c1cccc2ccccc12. The molecule has 0 fully saturated rings. The molecule has 0 aliphatic rings. The molecule has 0 bridgehead atoms. The Morgan fingerprint density at radius 2 is 1.50 bits per heavy atom. The van der Waals surface area contributed by atoms with E-state index in [1.165, 1.54) is 10.8 Å². The fraction of sp³-hybridized carbons (Fsp3) is 0. The molecular weight excluding hydrogens is 228 g/mol. The number of rotatable bonds is 0. The lowest BCUT2D eigenvalue weighted by molar-refractivity contribution is 1.78. The number of benzene rings is 2. The van der Waals surface area contributed by atoms with Gasteiger partial charge in [-0.15, -0.1) is 17.0 Å². The molecule has 59 valence electrons. The average molecular weight is 236 g/mol. The van der Waals surface area contributed by atoms with Gasteiger partial charge in [-0.05, 0) is 10.8 Å². The Hall–Kier alpha value is -0.603. The van der Waals surface area contributed by atoms with Crippen LogP contribution in [0.15, 0.2) is 42.5 Å². The predicted molar refractivity (Wildman–Crippen MR) is 59.7 cm³/mol. The van der Waals surface area contributed by atoms with Crippen molar-refractivity contribution in [1.29, 1.82) is 0 Å². The third kappa shape index (κ3) is 1.59. The number of hydrogen-bond acceptors (Lipinski definition) is 0. The maximum absolute atomic E-state index is 3.55. The largest absolute Gasteiger partial charge is 0.114 e. The van der Waals surface area contributed by atoms with Crippen molar-refractivity contribution in [1.82, 2.24) is 0 Å². The summed E-state index contributed by atoms with van der Waals surface area (Å²) in [5.74, 6) is 0. The van der Waals surface area contributed by atoms with E-state index in [0.717, 1.165) is 5.19 Å². The van der Waals surface area contributed by atoms with Crippen molar-refractivity contribution in [2.75, 3.05) is 0 Å². The van der Waals surface area contributed by atoms with Gasteiger partial charge in [0.15, 0.2) is 0 Å². The Labute approximate surface area is 85.8 Å². The van der Waals surface area contributed by atoms with Gasteiger partial charge in [0.1, 0.15) is 0 Å². The molecule has 0 N–H and O–H groups in total. The van der Waals surface area contributed by atoms with E-state index in [4.69, 9.17) is 0 Å². The highest BCUT2D eigenvalue weighted by Gasteiger charge is 1.92. The van der Waals surface area contributed by atoms with Crippen molar-refractivity contribution in [2.24, 2.45) is 0 Å². The van der Waals surface area contributed by atoms with Crippen LogP contribution in [0.5, 0.6) is 0 Å². The Morgan fingerprint density at radius 3 is 2.25 bits per heavy atom. The molecule has 0 saturated carbocycles. The van der Waals surface area contributed by atoms with Crippen molar-refractivity contribution < 1.29 is 0 Å². The Morgan fingerprint density at radius 1 is 0.833 bits per heavy atom. The van der Waals surface area contributed by atoms with Crippen LogP contribution in [0.1, 0.15) is 0 Å². The molecule has 0 atom stereocenters. The highest BCUT2D eigenvalue weighted by Crippen LogP contribution is 2.08. The maximum atomic E-state index is 3.55. The third-order valence-corrected chi connectivity index (χ3v) is 2.23. The quantitative estimate of drug-likeness (QED) is 0.615. The summed E-state index contributed by atoms with van der Waals surface area (Å²) in [4.78, 5) is 0. The molecule has 0 aromatic heterocycles. The van der Waals surface area contributed by atoms with Crippen LogP contribution in [-0.4, -0.2) is 10.2 Å². The summed E-state index contributed by atoms with van der Waals surface area (Å²) in [5.41, 5.74) is 0. The Balaban J connectivity index is 0.000000720. The summed E-state index contributed by atoms with van der Waals surface area (Å²) in [6.45, 7) is 0. The van der Waals surface area contributed by atoms with Crippen molar-refractivity contribution in [3.8, 4) is 0 Å². The summed E-state index contributed by atoms with van der Waals surface area (Å²) < 4.78 is 0. The van der Waals surface area contributed by atoms with Crippen LogP contribution < -0.4 is 5.19 Å². The molecule has 0 aliphatic heterocycles. The average Bonchev–Trinajstić information content (AvgIpc) is 2.06. The van der Waals surface area contributed by atoms with E-state index in [1.807, 2.05) is 18.2 Å². The van der Waals surface area contributed by atoms with Gasteiger partial charge in [0, 0.05) is 0 Å². The minimum absolute atomic E-state index is 0. The first-order valence-corrected chi connectivity index (χ1v) is 4.07. The van der Waals surface area contributed by atoms with Gasteiger partial charge in [0.05, 0.1) is 10.2 Å². The fourth-order valence-electron chi connectivity index (χ4n) is 1.23. The zero-order valence-electron chi connectivity index (χ0n) is 6.45. The van der Waals surface area contributed by atoms with Gasteiger partial charge in [0.2, 0.25) is 0 Å². The summed E-state index contributed by atoms with van der Waals surface area (Å²) in [6, 6.07) is 14.5. The van der Waals surface area contributed by atoms with Gasteiger partial charge in [-0.2, -0.15) is 0 Å². The lowest BCUT2D eigenvalue weighted by Gasteiger charge is -1.98. The van der Waals surface area contributed by atoms with Crippen molar-refractivity contribution in [3.63, 3.8) is 0 Å². The van der Waals surface area contributed by atoms with Crippen molar-refractivity contribution in [3.05, 3.63) is 42.5 Å². The summed E-state index contributed by atoms with van der Waals surface area (Å²) in [7, 11) is 3.55. The second-order valence-electron chi connectivity index (χ2n) is 2.53. The maximum Gasteiger partial charge on any atom is 0.0720 e. The molecule has 0 spiro atoms. The van der Waals surface area contributed by atoms with Crippen LogP contribution in [-0.2, 0) is 0 Å². The van der Waals surface area contributed by atoms with Gasteiger partial charge < -0.3 is 0 Å². The smallest absolute Gasteiger partial charge is 0.0720 e. The minimum Gasteiger partial charge on any atom is -0.114 e. The molecule has 12 heavy (non-hydrogen) atoms. The number of hydrogen-bond donors (Lipinski definition) is 0. The van der Waals surface area contributed by atoms with Gasteiger partial charge in [-0.25, -0.2) is 0 Å². The second-order valence-corrected chi connectivity index (χ2v) is 3.07. The first-order valence-electron chi connectivity index (χ1n) is 3.57. The standard InChI is InChI=1S/C10H7Si.BrH/c11-10-7-3-5-8-4-1-2-6-9(8)10;/h1-7H;1H. The summed E-state index contributed by atoms with van der Waals surface area (Å²) in [5, 5.41) is 3.70. The topological polar surface area (TPSA) is 0 Å². The molecule has 2 aromatic carbocycles. The van der Waals surface area contributed by atoms with Crippen molar-refractivity contribution >= 4 is 43.2 Å². The molecule has 2 aromatic rings. The van der Waals surface area contributed by atoms with E-state index in [2.05, 4.69) is 34.5 Å². The van der Waals surface area contributed by atoms with Crippen LogP contribution >= 0.6 is 17.0 Å². The van der Waals surface area contributed by atoms with Crippen LogP contribution in [0.3, 0.4) is 0 Å². The number of halogens is 1. The van der Waals surface area contributed by atoms with E-state index in [-0.39, 0.29) is 17.0 Å². The van der Waals surface area contributed by atoms with Crippen LogP contribution in [0.2, 0.25) is 0 Å². The lowest BCUT2D eigenvalue weighted by atomic mass is 10.1. The third-order valence-electron chi connectivity index (χ3n) is 1.79. The van der Waals surface area contributed by atoms with Crippen LogP contribution in [0, 0.1) is 0 Å². The van der Waals surface area contributed by atoms with E-state index in [0.29, 0.717) is 0 Å². The molecule has 0 aliphatic carbocycles. The van der Waals surface area contributed by atoms with Crippen LogP contribution in [0.4, 0.5) is 0 Å². The summed E-state index contributed by atoms with van der Waals surface area (Å²) >= 11 is 0. The first kappa shape index (κ1) is 9.48. The van der Waals surface area contributed by atoms with Gasteiger partial charge in [-0.3, -0.25) is 0 Å². The molecule has 2 heteroatoms. The molecule has 0 nitrogen and oxygen atoms in total. The molecular formula is C10H8BrSi. The summed E-state index contributed by atoms with van der Waals surface area (Å²) in [6.07, 6.45) is 0. The van der Waals surface area contributed by atoms with E-state index >= 15 is 0 Å². The van der Waals surface area contributed by atoms with Crippen LogP contribution in [0.25, 0.3) is 10.8 Å². The zero-order valence-corrected chi connectivity index (χ0v) is 9.16. The zero-order chi connectivity index (χ0) is 7.68. The van der Waals surface area contributed by atoms with Gasteiger partial charge >= 0.3 is 0 Å². The Bertz CT molecular complexity index is 379. The van der Waals surface area contributed by atoms with Gasteiger partial charge in [-0.1, -0.05) is 47.7 Å². The minimum atomic E-state index is 0. The lowest BCUT2D eigenvalue weighted by Crippen LogP contribution is -2.01. The Kier molecular flexibility index (Phi) is 3.06. The fourth-order valence-corrected chi connectivity index (χ4v) is 1.55. The second kappa shape index (κ2) is 3.87. The molecule has 2 rings (SSSR count). The van der Waals surface area contributed by atoms with E-state index < -0.39 is 0 Å². The normalized spacial score (nSPS) is 9.42. The monoisotopic (exact) mass is 235 g/mol. The molecule has 3 radical (unpaired) electrons. The predicted octanol–water partition coefficient (Wildman–Crippen LogP) is 2.21. The van der Waals surface area contributed by atoms with Crippen molar-refractivity contribution in [2.45, 2.75) is 0 Å². The molecule has 0 unspecified atom stereocenters. The number of fused-ring (bicyclic) bond motifs is 1. The molecule has 0 amide bonds. The first-order chi connectivity index (χ1) is 5.38. The highest BCUT2D eigenvalue weighted by atomic mass is 79.9. The van der Waals surface area contributed by atoms with E-state index in [1.54, 1.807) is 0 Å².